The second-order valence-corrected chi connectivity index (χ2v) is 7.39. The molecular formula is C21H19N5O3S. The zero-order valence-corrected chi connectivity index (χ0v) is 17.2. The number of aromatic nitrogens is 4. The Bertz CT molecular complexity index is 1280. The monoisotopic (exact) mass is 421 g/mol. The summed E-state index contributed by atoms with van der Waals surface area (Å²) in [5, 5.41) is 7.06. The number of para-hydroxylation sites is 1. The fraction of sp³-hybridized carbons (Fsp3) is 0.143. The maximum absolute atomic E-state index is 12.7. The Morgan fingerprint density at radius 3 is 2.83 bits per heavy atom. The Labute approximate surface area is 176 Å². The lowest BCUT2D eigenvalue weighted by Gasteiger charge is -2.07. The molecule has 0 aliphatic heterocycles. The number of thioether (sulfide) groups is 1. The normalized spacial score (nSPS) is 10.9. The Balaban J connectivity index is 1.59. The summed E-state index contributed by atoms with van der Waals surface area (Å²) >= 11 is 1.58. The molecule has 8 nitrogen and oxygen atoms in total. The largest absolute Gasteiger partial charge is 0.436 e. The maximum Gasteiger partial charge on any atom is 0.351 e. The maximum atomic E-state index is 12.7. The predicted octanol–water partition coefficient (Wildman–Crippen LogP) is 3.35. The summed E-state index contributed by atoms with van der Waals surface area (Å²) < 4.78 is 8.27. The zero-order valence-electron chi connectivity index (χ0n) is 16.4. The lowest BCUT2D eigenvalue weighted by Crippen LogP contribution is -2.28. The van der Waals surface area contributed by atoms with E-state index in [4.69, 9.17) is 4.74 Å². The van der Waals surface area contributed by atoms with E-state index in [2.05, 4.69) is 15.4 Å². The van der Waals surface area contributed by atoms with Gasteiger partial charge in [-0.3, -0.25) is 4.79 Å². The van der Waals surface area contributed by atoms with Crippen molar-refractivity contribution in [2.24, 2.45) is 0 Å². The number of anilines is 1. The van der Waals surface area contributed by atoms with Gasteiger partial charge in [0, 0.05) is 23.0 Å². The van der Waals surface area contributed by atoms with Crippen LogP contribution in [0.2, 0.25) is 0 Å². The molecule has 4 rings (SSSR count). The van der Waals surface area contributed by atoms with E-state index >= 15 is 0 Å². The first-order valence-corrected chi connectivity index (χ1v) is 10.4. The minimum Gasteiger partial charge on any atom is -0.436 e. The highest BCUT2D eigenvalue weighted by atomic mass is 32.2. The van der Waals surface area contributed by atoms with Gasteiger partial charge in [0.2, 0.25) is 11.6 Å². The number of carbonyl (C=O) groups is 1. The Morgan fingerprint density at radius 2 is 2.03 bits per heavy atom. The van der Waals surface area contributed by atoms with Gasteiger partial charge in [-0.05, 0) is 43.0 Å². The molecule has 152 valence electrons. The number of carbonyl (C=O) groups excluding carboxylic acids is 1. The number of nitrogens with one attached hydrogen (secondary N) is 1. The highest BCUT2D eigenvalue weighted by molar-refractivity contribution is 7.98. The van der Waals surface area contributed by atoms with Crippen molar-refractivity contribution < 1.29 is 9.53 Å². The topological polar surface area (TPSA) is 90.5 Å². The third-order valence-electron chi connectivity index (χ3n) is 4.42. The van der Waals surface area contributed by atoms with Crippen LogP contribution in [0.4, 0.5) is 5.69 Å². The van der Waals surface area contributed by atoms with Gasteiger partial charge in [-0.25, -0.2) is 18.9 Å². The molecule has 30 heavy (non-hydrogen) atoms. The third kappa shape index (κ3) is 4.06. The molecule has 0 unspecified atom stereocenters. The van der Waals surface area contributed by atoms with Crippen molar-refractivity contribution in [2.45, 2.75) is 18.4 Å². The number of aryl methyl sites for hydroxylation is 1. The van der Waals surface area contributed by atoms with Gasteiger partial charge in [-0.1, -0.05) is 24.3 Å². The lowest BCUT2D eigenvalue weighted by molar-refractivity contribution is -0.117. The van der Waals surface area contributed by atoms with Crippen LogP contribution in [0.5, 0.6) is 11.6 Å². The van der Waals surface area contributed by atoms with Crippen LogP contribution in [0.25, 0.3) is 5.65 Å². The van der Waals surface area contributed by atoms with E-state index in [-0.39, 0.29) is 24.0 Å². The summed E-state index contributed by atoms with van der Waals surface area (Å²) in [6.07, 6.45) is 4.91. The summed E-state index contributed by atoms with van der Waals surface area (Å²) in [5.41, 5.74) is 1.38. The highest BCUT2D eigenvalue weighted by Gasteiger charge is 2.16. The molecular weight excluding hydrogens is 402 g/mol. The summed E-state index contributed by atoms with van der Waals surface area (Å²) in [5.74, 6) is 0.454. The molecule has 0 radical (unpaired) electrons. The molecule has 2 aromatic heterocycles. The molecule has 0 aliphatic carbocycles. The number of nitrogens with zero attached hydrogens (tertiary/aromatic N) is 4. The number of amides is 1. The number of ether oxygens (including phenoxy) is 1. The van der Waals surface area contributed by atoms with Gasteiger partial charge in [0.05, 0.1) is 0 Å². The molecule has 0 spiro atoms. The Kier molecular flexibility index (Phi) is 5.53. The summed E-state index contributed by atoms with van der Waals surface area (Å²) in [4.78, 5) is 30.4. The van der Waals surface area contributed by atoms with Gasteiger partial charge < -0.3 is 10.1 Å². The van der Waals surface area contributed by atoms with Gasteiger partial charge in [0.15, 0.2) is 0 Å². The first kappa shape index (κ1) is 19.7. The van der Waals surface area contributed by atoms with Gasteiger partial charge in [0.1, 0.15) is 12.3 Å². The SMILES string of the molecule is CSc1cccc(NC(=O)Cn2nc3c(Oc4ccccc4C)nccn3c2=O)c1. The van der Waals surface area contributed by atoms with E-state index in [0.717, 1.165) is 15.1 Å². The van der Waals surface area contributed by atoms with Crippen LogP contribution in [0.15, 0.2) is 70.6 Å². The van der Waals surface area contributed by atoms with Crippen molar-refractivity contribution in [3.63, 3.8) is 0 Å². The van der Waals surface area contributed by atoms with E-state index in [0.29, 0.717) is 11.4 Å². The summed E-state index contributed by atoms with van der Waals surface area (Å²) in [7, 11) is 0. The second-order valence-electron chi connectivity index (χ2n) is 6.51. The van der Waals surface area contributed by atoms with E-state index in [9.17, 15) is 9.59 Å². The van der Waals surface area contributed by atoms with Crippen molar-refractivity contribution in [1.82, 2.24) is 19.2 Å². The Morgan fingerprint density at radius 1 is 1.20 bits per heavy atom. The molecule has 0 saturated carbocycles. The summed E-state index contributed by atoms with van der Waals surface area (Å²) in [6, 6.07) is 15.0. The number of rotatable bonds is 6. The van der Waals surface area contributed by atoms with Crippen LogP contribution in [-0.4, -0.2) is 31.3 Å². The Hall–Kier alpha value is -3.59. The van der Waals surface area contributed by atoms with Crippen LogP contribution in [0.1, 0.15) is 5.56 Å². The molecule has 1 N–H and O–H groups in total. The molecule has 0 atom stereocenters. The highest BCUT2D eigenvalue weighted by Crippen LogP contribution is 2.25. The first-order valence-electron chi connectivity index (χ1n) is 9.17. The van der Waals surface area contributed by atoms with Crippen molar-refractivity contribution in [1.29, 1.82) is 0 Å². The molecule has 2 heterocycles. The van der Waals surface area contributed by atoms with Crippen molar-refractivity contribution in [3.05, 3.63) is 77.0 Å². The molecule has 0 saturated heterocycles. The molecule has 1 amide bonds. The van der Waals surface area contributed by atoms with E-state index in [1.54, 1.807) is 17.8 Å². The minimum atomic E-state index is -0.449. The number of hydrogen-bond donors (Lipinski definition) is 1. The summed E-state index contributed by atoms with van der Waals surface area (Å²) in [6.45, 7) is 1.68. The first-order chi connectivity index (χ1) is 14.5. The van der Waals surface area contributed by atoms with Gasteiger partial charge in [-0.15, -0.1) is 16.9 Å². The molecule has 0 aliphatic rings. The van der Waals surface area contributed by atoms with Crippen molar-refractivity contribution in [2.75, 3.05) is 11.6 Å². The van der Waals surface area contributed by atoms with Gasteiger partial charge in [0.25, 0.3) is 5.88 Å². The van der Waals surface area contributed by atoms with Crippen molar-refractivity contribution in [3.8, 4) is 11.6 Å². The molecule has 0 fully saturated rings. The quantitative estimate of drug-likeness (QED) is 0.480. The predicted molar refractivity (Wildman–Crippen MR) is 115 cm³/mol. The molecule has 4 aromatic rings. The van der Waals surface area contributed by atoms with Crippen LogP contribution in [-0.2, 0) is 11.3 Å². The van der Waals surface area contributed by atoms with Crippen LogP contribution >= 0.6 is 11.8 Å². The standard InChI is InChI=1S/C21H19N5O3S/c1-14-6-3-4-9-17(14)29-20-19-24-26(21(28)25(19)11-10-22-20)13-18(27)23-15-7-5-8-16(12-15)30-2/h3-12H,13H2,1-2H3,(H,23,27). The number of benzene rings is 2. The number of hydrogen-bond acceptors (Lipinski definition) is 6. The smallest absolute Gasteiger partial charge is 0.351 e. The lowest BCUT2D eigenvalue weighted by atomic mass is 10.2. The second kappa shape index (κ2) is 8.42. The molecule has 2 aromatic carbocycles. The zero-order chi connectivity index (χ0) is 21.1. The minimum absolute atomic E-state index is 0.190. The van der Waals surface area contributed by atoms with Crippen LogP contribution in [0, 0.1) is 6.92 Å². The van der Waals surface area contributed by atoms with E-state index < -0.39 is 5.69 Å². The van der Waals surface area contributed by atoms with Gasteiger partial charge >= 0.3 is 5.69 Å². The number of fused-ring (bicyclic) bond motifs is 1. The van der Waals surface area contributed by atoms with Crippen LogP contribution in [0.3, 0.4) is 0 Å². The third-order valence-corrected chi connectivity index (χ3v) is 5.14. The van der Waals surface area contributed by atoms with E-state index in [1.165, 1.54) is 16.8 Å². The molecule has 0 bridgehead atoms. The average molecular weight is 421 g/mol. The fourth-order valence-electron chi connectivity index (χ4n) is 2.91. The van der Waals surface area contributed by atoms with Crippen molar-refractivity contribution >= 4 is 29.0 Å². The van der Waals surface area contributed by atoms with Gasteiger partial charge in [-0.2, -0.15) is 0 Å². The van der Waals surface area contributed by atoms with E-state index in [1.807, 2.05) is 55.6 Å². The van der Waals surface area contributed by atoms with Crippen LogP contribution < -0.4 is 15.7 Å². The fourth-order valence-corrected chi connectivity index (χ4v) is 3.37. The average Bonchev–Trinajstić information content (AvgIpc) is 3.06. The molecule has 9 heteroatoms.